The Bertz CT molecular complexity index is 242. The van der Waals surface area contributed by atoms with Crippen LogP contribution in [-0.2, 0) is 4.79 Å². The average molecular weight is 212 g/mol. The normalized spacial score (nSPS) is 19.5. The molecule has 1 atom stereocenters. The summed E-state index contributed by atoms with van der Waals surface area (Å²) in [4.78, 5) is 15.0. The molecule has 0 spiro atoms. The van der Waals surface area contributed by atoms with E-state index < -0.39 is 11.9 Å². The topological polar surface area (TPSA) is 107 Å². The molecule has 0 radical (unpaired) electrons. The largest absolute Gasteiger partial charge is 0.370 e. The van der Waals surface area contributed by atoms with Crippen molar-refractivity contribution in [1.29, 1.82) is 0 Å². The van der Waals surface area contributed by atoms with E-state index in [1.807, 2.05) is 0 Å². The molecule has 1 saturated carbocycles. The van der Waals surface area contributed by atoms with Crippen molar-refractivity contribution in [3.05, 3.63) is 0 Å². The third-order valence-corrected chi connectivity index (χ3v) is 2.91. The Balaban J connectivity index is 2.50. The van der Waals surface area contributed by atoms with Crippen LogP contribution in [0, 0.1) is 5.92 Å². The number of carbonyl (C=O) groups excluding carboxylic acids is 1. The summed E-state index contributed by atoms with van der Waals surface area (Å²) in [5, 5.41) is 0. The highest BCUT2D eigenvalue weighted by atomic mass is 16.1. The molecule has 6 N–H and O–H groups in total. The maximum atomic E-state index is 11.1. The Morgan fingerprint density at radius 3 is 2.27 bits per heavy atom. The lowest BCUT2D eigenvalue weighted by Gasteiger charge is -2.23. The van der Waals surface area contributed by atoms with E-state index in [9.17, 15) is 4.79 Å². The zero-order chi connectivity index (χ0) is 11.3. The second kappa shape index (κ2) is 5.58. The Morgan fingerprint density at radius 2 is 1.80 bits per heavy atom. The van der Waals surface area contributed by atoms with Crippen LogP contribution in [0.5, 0.6) is 0 Å². The van der Waals surface area contributed by atoms with Gasteiger partial charge in [0, 0.05) is 0 Å². The molecule has 1 rings (SSSR count). The van der Waals surface area contributed by atoms with Gasteiger partial charge in [-0.25, -0.2) is 4.99 Å². The van der Waals surface area contributed by atoms with Gasteiger partial charge in [-0.15, -0.1) is 0 Å². The lowest BCUT2D eigenvalue weighted by Crippen LogP contribution is -2.34. The number of guanidine groups is 1. The van der Waals surface area contributed by atoms with E-state index in [1.54, 1.807) is 0 Å². The fourth-order valence-electron chi connectivity index (χ4n) is 2.15. The molecule has 0 saturated heterocycles. The number of primary amides is 1. The first-order valence-electron chi connectivity index (χ1n) is 5.47. The molecular weight excluding hydrogens is 192 g/mol. The standard InChI is InChI=1S/C10H20N4O/c11-9(15)8(14-10(12)13)6-7-4-2-1-3-5-7/h7-8H,1-6H2,(H2,11,15)(H4,12,13,14)/t8-/m0/s1. The number of amides is 1. The maximum Gasteiger partial charge on any atom is 0.242 e. The van der Waals surface area contributed by atoms with Crippen LogP contribution >= 0.6 is 0 Å². The molecule has 0 unspecified atom stereocenters. The molecule has 15 heavy (non-hydrogen) atoms. The van der Waals surface area contributed by atoms with E-state index in [0.29, 0.717) is 12.3 Å². The van der Waals surface area contributed by atoms with Gasteiger partial charge < -0.3 is 17.2 Å². The fraction of sp³-hybridized carbons (Fsp3) is 0.800. The summed E-state index contributed by atoms with van der Waals surface area (Å²) >= 11 is 0. The summed E-state index contributed by atoms with van der Waals surface area (Å²) in [5.74, 6) is 0.0444. The zero-order valence-electron chi connectivity index (χ0n) is 8.98. The summed E-state index contributed by atoms with van der Waals surface area (Å²) in [6.45, 7) is 0. The lowest BCUT2D eigenvalue weighted by molar-refractivity contribution is -0.119. The van der Waals surface area contributed by atoms with Crippen LogP contribution in [0.2, 0.25) is 0 Å². The summed E-state index contributed by atoms with van der Waals surface area (Å²) in [5.41, 5.74) is 15.8. The Kier molecular flexibility index (Phi) is 4.39. The molecule has 5 heteroatoms. The molecule has 0 aromatic carbocycles. The van der Waals surface area contributed by atoms with Crippen molar-refractivity contribution >= 4 is 11.9 Å². The number of aliphatic imine (C=N–C) groups is 1. The van der Waals surface area contributed by atoms with Crippen molar-refractivity contribution in [2.45, 2.75) is 44.6 Å². The summed E-state index contributed by atoms with van der Waals surface area (Å²) < 4.78 is 0. The quantitative estimate of drug-likeness (QED) is 0.453. The van der Waals surface area contributed by atoms with E-state index in [4.69, 9.17) is 17.2 Å². The maximum absolute atomic E-state index is 11.1. The van der Waals surface area contributed by atoms with Gasteiger partial charge in [-0.2, -0.15) is 0 Å². The minimum absolute atomic E-state index is 0.0605. The van der Waals surface area contributed by atoms with Crippen LogP contribution in [-0.4, -0.2) is 17.9 Å². The summed E-state index contributed by atoms with van der Waals surface area (Å²) in [7, 11) is 0. The molecule has 1 fully saturated rings. The molecule has 1 aliphatic rings. The number of carbonyl (C=O) groups is 1. The van der Waals surface area contributed by atoms with Gasteiger partial charge in [0.2, 0.25) is 5.91 Å². The van der Waals surface area contributed by atoms with Crippen LogP contribution in [0.1, 0.15) is 38.5 Å². The first-order valence-corrected chi connectivity index (χ1v) is 5.47. The van der Waals surface area contributed by atoms with E-state index in [1.165, 1.54) is 19.3 Å². The number of nitrogens with two attached hydrogens (primary N) is 3. The Labute approximate surface area is 90.1 Å². The van der Waals surface area contributed by atoms with Crippen molar-refractivity contribution < 1.29 is 4.79 Å². The Morgan fingerprint density at radius 1 is 1.20 bits per heavy atom. The van der Waals surface area contributed by atoms with Crippen LogP contribution < -0.4 is 17.2 Å². The minimum atomic E-state index is -0.543. The molecule has 0 bridgehead atoms. The molecule has 5 nitrogen and oxygen atoms in total. The van der Waals surface area contributed by atoms with Crippen LogP contribution in [0.3, 0.4) is 0 Å². The molecular formula is C10H20N4O. The van der Waals surface area contributed by atoms with E-state index in [0.717, 1.165) is 12.8 Å². The van der Waals surface area contributed by atoms with Crippen molar-refractivity contribution in [3.63, 3.8) is 0 Å². The minimum Gasteiger partial charge on any atom is -0.370 e. The number of hydrogen-bond acceptors (Lipinski definition) is 2. The SMILES string of the molecule is NC(=O)[C@H](CC1CCCCC1)N=C(N)N. The van der Waals surface area contributed by atoms with Gasteiger partial charge in [0.15, 0.2) is 5.96 Å². The third-order valence-electron chi connectivity index (χ3n) is 2.91. The van der Waals surface area contributed by atoms with Crippen molar-refractivity contribution in [2.24, 2.45) is 28.1 Å². The van der Waals surface area contributed by atoms with Crippen molar-refractivity contribution in [3.8, 4) is 0 Å². The molecule has 0 aromatic rings. The van der Waals surface area contributed by atoms with Gasteiger partial charge in [0.25, 0.3) is 0 Å². The van der Waals surface area contributed by atoms with Crippen LogP contribution in [0.4, 0.5) is 0 Å². The second-order valence-electron chi connectivity index (χ2n) is 4.21. The first-order chi connectivity index (χ1) is 7.09. The number of rotatable bonds is 4. The van der Waals surface area contributed by atoms with Crippen LogP contribution in [0.15, 0.2) is 4.99 Å². The van der Waals surface area contributed by atoms with Gasteiger partial charge in [-0.1, -0.05) is 32.1 Å². The summed E-state index contributed by atoms with van der Waals surface area (Å²) in [6, 6.07) is -0.543. The smallest absolute Gasteiger partial charge is 0.242 e. The first kappa shape index (κ1) is 11.8. The fourth-order valence-corrected chi connectivity index (χ4v) is 2.15. The van der Waals surface area contributed by atoms with Gasteiger partial charge in [-0.05, 0) is 12.3 Å². The van der Waals surface area contributed by atoms with E-state index >= 15 is 0 Å². The molecule has 0 aromatic heterocycles. The Hall–Kier alpha value is -1.26. The number of nitrogens with zero attached hydrogens (tertiary/aromatic N) is 1. The second-order valence-corrected chi connectivity index (χ2v) is 4.21. The molecule has 0 heterocycles. The van der Waals surface area contributed by atoms with Crippen LogP contribution in [0.25, 0.3) is 0 Å². The molecule has 1 amide bonds. The van der Waals surface area contributed by atoms with Gasteiger partial charge in [0.05, 0.1) is 0 Å². The molecule has 86 valence electrons. The lowest BCUT2D eigenvalue weighted by atomic mass is 9.85. The predicted octanol–water partition coefficient (Wildman–Crippen LogP) is 0.0841. The van der Waals surface area contributed by atoms with Gasteiger partial charge in [-0.3, -0.25) is 4.79 Å². The zero-order valence-corrected chi connectivity index (χ0v) is 8.98. The predicted molar refractivity (Wildman–Crippen MR) is 60.0 cm³/mol. The van der Waals surface area contributed by atoms with E-state index in [-0.39, 0.29) is 5.96 Å². The van der Waals surface area contributed by atoms with E-state index in [2.05, 4.69) is 4.99 Å². The highest BCUT2D eigenvalue weighted by Crippen LogP contribution is 2.27. The average Bonchev–Trinajstić information content (AvgIpc) is 2.17. The third kappa shape index (κ3) is 4.18. The van der Waals surface area contributed by atoms with Crippen molar-refractivity contribution in [2.75, 3.05) is 0 Å². The monoisotopic (exact) mass is 212 g/mol. The highest BCUT2D eigenvalue weighted by molar-refractivity contribution is 5.84. The van der Waals surface area contributed by atoms with Crippen molar-refractivity contribution in [1.82, 2.24) is 0 Å². The highest BCUT2D eigenvalue weighted by Gasteiger charge is 2.22. The molecule has 1 aliphatic carbocycles. The van der Waals surface area contributed by atoms with Gasteiger partial charge in [0.1, 0.15) is 6.04 Å². The summed E-state index contributed by atoms with van der Waals surface area (Å²) in [6.07, 6.45) is 6.76. The van der Waals surface area contributed by atoms with Gasteiger partial charge >= 0.3 is 0 Å². The molecule has 0 aliphatic heterocycles. The number of hydrogen-bond donors (Lipinski definition) is 3.